The van der Waals surface area contributed by atoms with Gasteiger partial charge >= 0.3 is 5.97 Å². The van der Waals surface area contributed by atoms with Crippen LogP contribution in [0.5, 0.6) is 0 Å². The van der Waals surface area contributed by atoms with E-state index in [2.05, 4.69) is 10.4 Å². The number of aliphatic hydroxyl groups is 1. The zero-order chi connectivity index (χ0) is 16.4. The van der Waals surface area contributed by atoms with Crippen LogP contribution in [0.4, 0.5) is 0 Å². The molecule has 7 nitrogen and oxygen atoms in total. The minimum Gasteiger partial charge on any atom is -0.479 e. The lowest BCUT2D eigenvalue weighted by molar-refractivity contribution is -0.146. The monoisotopic (exact) mass is 307 g/mol. The number of benzene rings is 1. The Labute approximate surface area is 128 Å². The summed E-state index contributed by atoms with van der Waals surface area (Å²) >= 11 is 0. The number of unbranched alkanes of at least 4 members (excludes halogenated alkanes) is 1. The summed E-state index contributed by atoms with van der Waals surface area (Å²) < 4.78 is 0. The van der Waals surface area contributed by atoms with E-state index in [1.54, 1.807) is 6.21 Å². The average Bonchev–Trinajstić information content (AvgIpc) is 2.51. The molecule has 0 aromatic heterocycles. The molecule has 0 fully saturated rings. The zero-order valence-corrected chi connectivity index (χ0v) is 12.2. The molecule has 0 spiro atoms. The van der Waals surface area contributed by atoms with Gasteiger partial charge in [0.15, 0.2) is 6.10 Å². The van der Waals surface area contributed by atoms with E-state index in [4.69, 9.17) is 16.1 Å². The quantitative estimate of drug-likeness (QED) is 0.225. The molecule has 1 atom stereocenters. The molecule has 120 valence electrons. The van der Waals surface area contributed by atoms with Crippen LogP contribution >= 0.6 is 0 Å². The van der Waals surface area contributed by atoms with Gasteiger partial charge in [-0.2, -0.15) is 5.10 Å². The molecule has 0 aliphatic rings. The third-order valence-electron chi connectivity index (χ3n) is 3.10. The fraction of sp³-hybridized carbons (Fsp3) is 0.400. The number of aryl methyl sites for hydroxylation is 1. The molecule has 1 amide bonds. The Balaban J connectivity index is 2.19. The maximum atomic E-state index is 11.5. The average molecular weight is 307 g/mol. The van der Waals surface area contributed by atoms with E-state index in [1.165, 1.54) is 0 Å². The number of aliphatic carboxylic acids is 1. The summed E-state index contributed by atoms with van der Waals surface area (Å²) in [4.78, 5) is 21.8. The van der Waals surface area contributed by atoms with Gasteiger partial charge in [-0.25, -0.2) is 4.79 Å². The molecule has 0 bridgehead atoms. The highest BCUT2D eigenvalue weighted by Crippen LogP contribution is 2.08. The zero-order valence-electron chi connectivity index (χ0n) is 12.2. The summed E-state index contributed by atoms with van der Waals surface area (Å²) in [6.07, 6.45) is 2.72. The fourth-order valence-corrected chi connectivity index (χ4v) is 1.86. The first-order valence-electron chi connectivity index (χ1n) is 7.02. The predicted molar refractivity (Wildman–Crippen MR) is 82.4 cm³/mol. The number of carbonyl (C=O) groups excluding carboxylic acids is 1. The van der Waals surface area contributed by atoms with E-state index >= 15 is 0 Å². The van der Waals surface area contributed by atoms with Crippen LogP contribution in [0, 0.1) is 0 Å². The molecule has 7 heteroatoms. The number of hydrazone groups is 1. The van der Waals surface area contributed by atoms with Crippen molar-refractivity contribution in [3.63, 3.8) is 0 Å². The number of hydrogen-bond acceptors (Lipinski definition) is 5. The van der Waals surface area contributed by atoms with Crippen molar-refractivity contribution in [1.82, 2.24) is 5.32 Å². The molecule has 1 unspecified atom stereocenters. The minimum absolute atomic E-state index is 0.255. The van der Waals surface area contributed by atoms with Crippen molar-refractivity contribution in [1.29, 1.82) is 0 Å². The smallest absolute Gasteiger partial charge is 0.334 e. The van der Waals surface area contributed by atoms with Crippen molar-refractivity contribution >= 4 is 18.1 Å². The normalized spacial score (nSPS) is 12.2. The minimum atomic E-state index is -1.56. The summed E-state index contributed by atoms with van der Waals surface area (Å²) in [5, 5.41) is 23.3. The Morgan fingerprint density at radius 1 is 1.27 bits per heavy atom. The van der Waals surface area contributed by atoms with Crippen LogP contribution in [-0.2, 0) is 16.0 Å². The number of carboxylic acids is 1. The summed E-state index contributed by atoms with van der Waals surface area (Å²) in [6.45, 7) is -0.266. The number of hydrogen-bond donors (Lipinski definition) is 4. The van der Waals surface area contributed by atoms with Gasteiger partial charge in [0.1, 0.15) is 0 Å². The maximum absolute atomic E-state index is 11.5. The molecule has 0 aliphatic carbocycles. The third-order valence-corrected chi connectivity index (χ3v) is 3.10. The molecular formula is C15H21N3O4. The lowest BCUT2D eigenvalue weighted by Gasteiger charge is -2.07. The molecule has 0 saturated heterocycles. The maximum Gasteiger partial charge on any atom is 0.334 e. The first-order chi connectivity index (χ1) is 10.5. The van der Waals surface area contributed by atoms with Crippen LogP contribution < -0.4 is 11.2 Å². The Kier molecular flexibility index (Phi) is 7.63. The highest BCUT2D eigenvalue weighted by Gasteiger charge is 2.13. The number of carboxylic acid groups (broad SMARTS) is 1. The van der Waals surface area contributed by atoms with Crippen molar-refractivity contribution in [2.24, 2.45) is 10.9 Å². The second-order valence-corrected chi connectivity index (χ2v) is 4.88. The van der Waals surface area contributed by atoms with Gasteiger partial charge in [0.05, 0.1) is 12.8 Å². The van der Waals surface area contributed by atoms with E-state index in [0.29, 0.717) is 12.8 Å². The number of rotatable bonds is 9. The SMILES string of the molecule is NN=Cc1ccc(CCCCC(=O)NCC(O)C(=O)O)cc1. The van der Waals surface area contributed by atoms with Crippen molar-refractivity contribution < 1.29 is 19.8 Å². The Morgan fingerprint density at radius 2 is 1.95 bits per heavy atom. The van der Waals surface area contributed by atoms with Gasteiger partial charge in [-0.05, 0) is 30.4 Å². The number of nitrogens with zero attached hydrogens (tertiary/aromatic N) is 1. The van der Waals surface area contributed by atoms with Crippen molar-refractivity contribution in [2.75, 3.05) is 6.54 Å². The molecule has 0 saturated carbocycles. The van der Waals surface area contributed by atoms with Crippen LogP contribution in [0.25, 0.3) is 0 Å². The van der Waals surface area contributed by atoms with Gasteiger partial charge in [-0.1, -0.05) is 24.3 Å². The topological polar surface area (TPSA) is 125 Å². The molecule has 1 aromatic rings. The Hall–Kier alpha value is -2.41. The summed E-state index contributed by atoms with van der Waals surface area (Å²) in [6, 6.07) is 7.82. The van der Waals surface area contributed by atoms with E-state index in [1.807, 2.05) is 24.3 Å². The van der Waals surface area contributed by atoms with Crippen molar-refractivity contribution in [3.05, 3.63) is 35.4 Å². The molecule has 0 radical (unpaired) electrons. The van der Waals surface area contributed by atoms with Crippen molar-refractivity contribution in [2.45, 2.75) is 31.8 Å². The van der Waals surface area contributed by atoms with Crippen LogP contribution in [0.2, 0.25) is 0 Å². The second kappa shape index (κ2) is 9.51. The summed E-state index contributed by atoms with van der Waals surface area (Å²) in [7, 11) is 0. The van der Waals surface area contributed by atoms with E-state index in [-0.39, 0.29) is 12.5 Å². The number of nitrogens with one attached hydrogen (secondary N) is 1. The first kappa shape index (κ1) is 17.6. The van der Waals surface area contributed by atoms with Gasteiger partial charge in [0, 0.05) is 6.42 Å². The van der Waals surface area contributed by atoms with E-state index in [0.717, 1.165) is 24.0 Å². The summed E-state index contributed by atoms with van der Waals surface area (Å²) in [5.74, 6) is 3.47. The van der Waals surface area contributed by atoms with Gasteiger partial charge in [-0.3, -0.25) is 4.79 Å². The summed E-state index contributed by atoms with van der Waals surface area (Å²) in [5.41, 5.74) is 2.10. The molecular weight excluding hydrogens is 286 g/mol. The van der Waals surface area contributed by atoms with Crippen molar-refractivity contribution in [3.8, 4) is 0 Å². The largest absolute Gasteiger partial charge is 0.479 e. The van der Waals surface area contributed by atoms with Gasteiger partial charge in [0.2, 0.25) is 5.91 Å². The number of carbonyl (C=O) groups is 2. The standard InChI is InChI=1S/C15H21N3O4/c16-18-9-12-7-5-11(6-8-12)3-1-2-4-14(20)17-10-13(19)15(21)22/h5-9,13,19H,1-4,10,16H2,(H,17,20)(H,21,22). The Bertz CT molecular complexity index is 514. The fourth-order valence-electron chi connectivity index (χ4n) is 1.86. The Morgan fingerprint density at radius 3 is 2.55 bits per heavy atom. The predicted octanol–water partition coefficient (Wildman–Crippen LogP) is 0.254. The molecule has 0 heterocycles. The highest BCUT2D eigenvalue weighted by atomic mass is 16.4. The van der Waals surface area contributed by atoms with Crippen LogP contribution in [0.1, 0.15) is 30.4 Å². The van der Waals surface area contributed by atoms with E-state index < -0.39 is 12.1 Å². The lowest BCUT2D eigenvalue weighted by Crippen LogP contribution is -2.36. The molecule has 0 aliphatic heterocycles. The molecule has 5 N–H and O–H groups in total. The van der Waals surface area contributed by atoms with Crippen LogP contribution in [0.15, 0.2) is 29.4 Å². The van der Waals surface area contributed by atoms with Gasteiger partial charge in [0.25, 0.3) is 0 Å². The number of amides is 1. The number of aliphatic hydroxyl groups excluding tert-OH is 1. The van der Waals surface area contributed by atoms with Gasteiger partial charge < -0.3 is 21.4 Å². The number of nitrogens with two attached hydrogens (primary N) is 1. The molecule has 1 aromatic carbocycles. The van der Waals surface area contributed by atoms with Crippen LogP contribution in [0.3, 0.4) is 0 Å². The lowest BCUT2D eigenvalue weighted by atomic mass is 10.1. The van der Waals surface area contributed by atoms with Gasteiger partial charge in [-0.15, -0.1) is 0 Å². The van der Waals surface area contributed by atoms with Crippen LogP contribution in [-0.4, -0.2) is 41.0 Å². The highest BCUT2D eigenvalue weighted by molar-refractivity contribution is 5.79. The molecule has 1 rings (SSSR count). The van der Waals surface area contributed by atoms with E-state index in [9.17, 15) is 9.59 Å². The molecule has 22 heavy (non-hydrogen) atoms. The second-order valence-electron chi connectivity index (χ2n) is 4.88. The first-order valence-corrected chi connectivity index (χ1v) is 7.02. The third kappa shape index (κ3) is 6.85.